The Balaban J connectivity index is 2.23. The molecule has 1 N–H and O–H groups in total. The highest BCUT2D eigenvalue weighted by Crippen LogP contribution is 2.34. The molecule has 0 bridgehead atoms. The fraction of sp³-hybridized carbons (Fsp3) is 0.462. The van der Waals surface area contributed by atoms with E-state index in [2.05, 4.69) is 27.3 Å². The molecule has 0 amide bonds. The minimum absolute atomic E-state index is 0.326. The number of methoxy groups -OCH3 is 1. The van der Waals surface area contributed by atoms with E-state index in [0.717, 1.165) is 3.57 Å². The lowest BCUT2D eigenvalue weighted by Gasteiger charge is -2.19. The molecule has 116 valence electrons. The first-order chi connectivity index (χ1) is 9.85. The number of hydrogen-bond acceptors (Lipinski definition) is 4. The Kier molecular flexibility index (Phi) is 5.37. The van der Waals surface area contributed by atoms with Crippen LogP contribution in [0.15, 0.2) is 18.2 Å². The molecule has 1 aromatic carbocycles. The molecule has 1 aliphatic carbocycles. The van der Waals surface area contributed by atoms with Crippen LogP contribution >= 0.6 is 34.2 Å². The zero-order valence-electron chi connectivity index (χ0n) is 11.3. The predicted octanol–water partition coefficient (Wildman–Crippen LogP) is 3.03. The number of benzene rings is 1. The Labute approximate surface area is 142 Å². The van der Waals surface area contributed by atoms with Crippen molar-refractivity contribution in [1.82, 2.24) is 0 Å². The molecule has 21 heavy (non-hydrogen) atoms. The minimum Gasteiger partial charge on any atom is -0.469 e. The van der Waals surface area contributed by atoms with Crippen molar-refractivity contribution in [3.05, 3.63) is 26.8 Å². The van der Waals surface area contributed by atoms with Crippen molar-refractivity contribution in [3.8, 4) is 0 Å². The van der Waals surface area contributed by atoms with E-state index in [1.54, 1.807) is 18.2 Å². The van der Waals surface area contributed by atoms with Crippen molar-refractivity contribution in [2.24, 2.45) is 5.92 Å². The maximum Gasteiger partial charge on any atom is 0.310 e. The summed E-state index contributed by atoms with van der Waals surface area (Å²) in [7, 11) is -2.42. The first-order valence-electron chi connectivity index (χ1n) is 6.39. The van der Waals surface area contributed by atoms with Gasteiger partial charge in [-0.2, -0.15) is 0 Å². The highest BCUT2D eigenvalue weighted by Gasteiger charge is 2.42. The van der Waals surface area contributed by atoms with Gasteiger partial charge in [0.1, 0.15) is 0 Å². The molecule has 2 rings (SSSR count). The third-order valence-corrected chi connectivity index (χ3v) is 6.39. The zero-order valence-corrected chi connectivity index (χ0v) is 15.0. The van der Waals surface area contributed by atoms with Crippen molar-refractivity contribution in [2.75, 3.05) is 11.8 Å². The lowest BCUT2D eigenvalue weighted by molar-refractivity contribution is -0.145. The van der Waals surface area contributed by atoms with Gasteiger partial charge in [-0.25, -0.2) is 8.42 Å². The number of nitrogens with one attached hydrogen (secondary N) is 1. The van der Waals surface area contributed by atoms with E-state index in [9.17, 15) is 13.2 Å². The van der Waals surface area contributed by atoms with Crippen LogP contribution in [0.1, 0.15) is 19.3 Å². The lowest BCUT2D eigenvalue weighted by Crippen LogP contribution is -2.35. The quantitative estimate of drug-likeness (QED) is 0.573. The van der Waals surface area contributed by atoms with Crippen LogP contribution in [0.2, 0.25) is 5.02 Å². The average Bonchev–Trinajstić information content (AvgIpc) is 2.91. The average molecular weight is 444 g/mol. The number of hydrogen-bond donors (Lipinski definition) is 1. The Bertz CT molecular complexity index is 650. The molecule has 2 atom stereocenters. The number of carbonyl (C=O) groups excluding carboxylic acids is 1. The van der Waals surface area contributed by atoms with E-state index in [-0.39, 0.29) is 0 Å². The Morgan fingerprint density at radius 3 is 2.76 bits per heavy atom. The summed E-state index contributed by atoms with van der Waals surface area (Å²) in [5, 5.41) is -0.446. The fourth-order valence-corrected chi connectivity index (χ4v) is 5.27. The van der Waals surface area contributed by atoms with Gasteiger partial charge in [-0.15, -0.1) is 0 Å². The summed E-state index contributed by atoms with van der Waals surface area (Å²) in [4.78, 5) is 11.7. The van der Waals surface area contributed by atoms with Gasteiger partial charge in [-0.1, -0.05) is 18.0 Å². The van der Waals surface area contributed by atoms with Gasteiger partial charge in [0, 0.05) is 3.57 Å². The summed E-state index contributed by atoms with van der Waals surface area (Å²) in [6, 6.07) is 5.05. The van der Waals surface area contributed by atoms with E-state index in [0.29, 0.717) is 30.0 Å². The maximum absolute atomic E-state index is 12.5. The molecule has 0 spiro atoms. The zero-order chi connectivity index (χ0) is 15.6. The second-order valence-corrected chi connectivity index (χ2v) is 8.42. The standard InChI is InChI=1S/C13H15ClINO4S/c1-20-13(17)9-3-2-4-12(9)21(18,19)16-11-6-5-8(15)7-10(11)14/h5-7,9,12,16H,2-4H2,1H3. The molecule has 2 unspecified atom stereocenters. The van der Waals surface area contributed by atoms with Gasteiger partial charge in [-0.3, -0.25) is 9.52 Å². The molecule has 1 saturated carbocycles. The molecule has 0 aliphatic heterocycles. The van der Waals surface area contributed by atoms with Crippen LogP contribution in [0.4, 0.5) is 5.69 Å². The highest BCUT2D eigenvalue weighted by molar-refractivity contribution is 14.1. The normalized spacial score (nSPS) is 22.0. The second-order valence-electron chi connectivity index (χ2n) is 4.87. The van der Waals surface area contributed by atoms with Crippen LogP contribution in [-0.2, 0) is 19.6 Å². The molecular formula is C13H15ClINO4S. The van der Waals surface area contributed by atoms with E-state index in [4.69, 9.17) is 16.3 Å². The summed E-state index contributed by atoms with van der Waals surface area (Å²) < 4.78 is 33.1. The molecule has 0 radical (unpaired) electrons. The molecule has 5 nitrogen and oxygen atoms in total. The number of esters is 1. The Hall–Kier alpha value is -0.540. The maximum atomic E-state index is 12.5. The van der Waals surface area contributed by atoms with Gasteiger partial charge < -0.3 is 4.74 Å². The number of ether oxygens (including phenoxy) is 1. The molecular weight excluding hydrogens is 429 g/mol. The van der Waals surface area contributed by atoms with Gasteiger partial charge >= 0.3 is 5.97 Å². The topological polar surface area (TPSA) is 72.5 Å². The number of carbonyl (C=O) groups is 1. The summed E-state index contributed by atoms with van der Waals surface area (Å²) in [5.41, 5.74) is 0.326. The van der Waals surface area contributed by atoms with Crippen molar-refractivity contribution >= 4 is 55.9 Å². The lowest BCUT2D eigenvalue weighted by atomic mass is 10.1. The van der Waals surface area contributed by atoms with Crippen LogP contribution in [-0.4, -0.2) is 26.7 Å². The summed E-state index contributed by atoms with van der Waals surface area (Å²) >= 11 is 8.14. The third kappa shape index (κ3) is 3.81. The smallest absolute Gasteiger partial charge is 0.310 e. The van der Waals surface area contributed by atoms with Crippen molar-refractivity contribution in [2.45, 2.75) is 24.5 Å². The van der Waals surface area contributed by atoms with E-state index in [1.807, 2.05) is 0 Å². The van der Waals surface area contributed by atoms with Gasteiger partial charge in [-0.05, 0) is 53.6 Å². The van der Waals surface area contributed by atoms with Crippen LogP contribution in [0.5, 0.6) is 0 Å². The Morgan fingerprint density at radius 2 is 2.14 bits per heavy atom. The second kappa shape index (κ2) is 6.70. The van der Waals surface area contributed by atoms with Gasteiger partial charge in [0.25, 0.3) is 0 Å². The van der Waals surface area contributed by atoms with E-state index < -0.39 is 27.2 Å². The van der Waals surface area contributed by atoms with Crippen molar-refractivity contribution in [3.63, 3.8) is 0 Å². The molecule has 0 heterocycles. The summed E-state index contributed by atoms with van der Waals surface area (Å²) in [6.07, 6.45) is 1.65. The third-order valence-electron chi connectivity index (χ3n) is 3.54. The fourth-order valence-electron chi connectivity index (χ4n) is 2.52. The molecule has 1 fully saturated rings. The first-order valence-corrected chi connectivity index (χ1v) is 9.40. The number of anilines is 1. The number of halogens is 2. The van der Waals surface area contributed by atoms with Crippen LogP contribution < -0.4 is 4.72 Å². The monoisotopic (exact) mass is 443 g/mol. The van der Waals surface area contributed by atoms with Crippen molar-refractivity contribution < 1.29 is 17.9 Å². The van der Waals surface area contributed by atoms with Gasteiger partial charge in [0.2, 0.25) is 10.0 Å². The van der Waals surface area contributed by atoms with Crippen LogP contribution in [0.25, 0.3) is 0 Å². The van der Waals surface area contributed by atoms with Crippen LogP contribution in [0.3, 0.4) is 0 Å². The van der Waals surface area contributed by atoms with E-state index in [1.165, 1.54) is 7.11 Å². The number of rotatable bonds is 4. The molecule has 1 aromatic rings. The number of sulfonamides is 1. The SMILES string of the molecule is COC(=O)C1CCCC1S(=O)(=O)Nc1ccc(I)cc1Cl. The first kappa shape index (κ1) is 16.8. The molecule has 0 saturated heterocycles. The largest absolute Gasteiger partial charge is 0.469 e. The van der Waals surface area contributed by atoms with E-state index >= 15 is 0 Å². The minimum atomic E-state index is -3.69. The van der Waals surface area contributed by atoms with Crippen LogP contribution in [0, 0.1) is 9.49 Å². The summed E-state index contributed by atoms with van der Waals surface area (Å²) in [5.74, 6) is -1.09. The van der Waals surface area contributed by atoms with Crippen molar-refractivity contribution in [1.29, 1.82) is 0 Å². The highest BCUT2D eigenvalue weighted by atomic mass is 127. The Morgan fingerprint density at radius 1 is 1.43 bits per heavy atom. The van der Waals surface area contributed by atoms with Gasteiger partial charge in [0.15, 0.2) is 0 Å². The molecule has 0 aromatic heterocycles. The van der Waals surface area contributed by atoms with Gasteiger partial charge in [0.05, 0.1) is 29.0 Å². The molecule has 8 heteroatoms. The summed E-state index contributed by atoms with van der Waals surface area (Å²) in [6.45, 7) is 0. The predicted molar refractivity (Wildman–Crippen MR) is 89.9 cm³/mol. The molecule has 1 aliphatic rings.